The predicted octanol–water partition coefficient (Wildman–Crippen LogP) is 4.85. The van der Waals surface area contributed by atoms with Crippen LogP contribution in [0.2, 0.25) is 0 Å². The molecule has 1 amide bonds. The molecule has 2 aromatic heterocycles. The number of para-hydroxylation sites is 1. The maximum Gasteiger partial charge on any atom is 0.264 e. The Morgan fingerprint density at radius 2 is 1.92 bits per heavy atom. The molecule has 1 atom stereocenters. The van der Waals surface area contributed by atoms with Crippen molar-refractivity contribution in [2.45, 2.75) is 25.8 Å². The number of nitrogens with zero attached hydrogens (tertiary/aromatic N) is 4. The van der Waals surface area contributed by atoms with E-state index in [0.717, 1.165) is 12.8 Å². The summed E-state index contributed by atoms with van der Waals surface area (Å²) in [5, 5.41) is 13.2. The number of aromatic nitrogens is 3. The summed E-state index contributed by atoms with van der Waals surface area (Å²) in [5.74, 6) is 1.42. The van der Waals surface area contributed by atoms with Crippen LogP contribution in [0.1, 0.15) is 35.7 Å². The van der Waals surface area contributed by atoms with E-state index in [1.165, 1.54) is 12.4 Å². The molecule has 1 unspecified atom stereocenters. The van der Waals surface area contributed by atoms with Gasteiger partial charge in [-0.25, -0.2) is 9.97 Å². The maximum atomic E-state index is 13.5. The first kappa shape index (κ1) is 24.7. The number of allylic oxidation sites excluding steroid dienone is 1. The average Bonchev–Trinajstić information content (AvgIpc) is 3.61. The van der Waals surface area contributed by atoms with E-state index in [0.29, 0.717) is 52.6 Å². The van der Waals surface area contributed by atoms with Crippen LogP contribution in [0, 0.1) is 11.3 Å². The summed E-state index contributed by atoms with van der Waals surface area (Å²) in [6.07, 6.45) is 6.27. The molecule has 0 radical (unpaired) electrons. The van der Waals surface area contributed by atoms with Gasteiger partial charge in [-0.05, 0) is 56.2 Å². The van der Waals surface area contributed by atoms with Gasteiger partial charge >= 0.3 is 0 Å². The van der Waals surface area contributed by atoms with E-state index >= 15 is 0 Å². The Morgan fingerprint density at radius 1 is 1.16 bits per heavy atom. The third kappa shape index (κ3) is 4.97. The fourth-order valence-electron chi connectivity index (χ4n) is 4.65. The number of benzene rings is 2. The Kier molecular flexibility index (Phi) is 7.13. The lowest BCUT2D eigenvalue weighted by atomic mass is 10.0. The van der Waals surface area contributed by atoms with Crippen LogP contribution in [-0.2, 0) is 4.79 Å². The third-order valence-corrected chi connectivity index (χ3v) is 6.59. The normalized spacial score (nSPS) is 15.3. The molecule has 9 heteroatoms. The Labute approximate surface area is 219 Å². The van der Waals surface area contributed by atoms with Crippen molar-refractivity contribution in [2.24, 2.45) is 0 Å². The molecule has 2 N–H and O–H groups in total. The number of hydrogen-bond donors (Lipinski definition) is 2. The monoisotopic (exact) mass is 506 g/mol. The number of hydrogen-bond acceptors (Lipinski definition) is 7. The van der Waals surface area contributed by atoms with Crippen LogP contribution in [-0.4, -0.2) is 50.7 Å². The first-order valence-electron chi connectivity index (χ1n) is 12.4. The average molecular weight is 507 g/mol. The van der Waals surface area contributed by atoms with Crippen molar-refractivity contribution < 1.29 is 14.3 Å². The van der Waals surface area contributed by atoms with Crippen molar-refractivity contribution in [1.82, 2.24) is 19.9 Å². The van der Waals surface area contributed by atoms with Crippen molar-refractivity contribution in [1.29, 1.82) is 5.26 Å². The number of fused-ring (bicyclic) bond motifs is 1. The lowest BCUT2D eigenvalue weighted by molar-refractivity contribution is -0.127. The van der Waals surface area contributed by atoms with E-state index in [1.54, 1.807) is 42.3 Å². The van der Waals surface area contributed by atoms with Gasteiger partial charge in [-0.1, -0.05) is 24.3 Å². The topological polar surface area (TPSA) is 124 Å². The van der Waals surface area contributed by atoms with E-state index in [1.807, 2.05) is 36.4 Å². The molecule has 5 rings (SSSR count). The fraction of sp³-hybridized carbons (Fsp3) is 0.207. The molecule has 2 aromatic carbocycles. The largest absolute Gasteiger partial charge is 0.457 e. The molecule has 190 valence electrons. The molecule has 1 fully saturated rings. The Morgan fingerprint density at radius 3 is 2.66 bits per heavy atom. The van der Waals surface area contributed by atoms with Gasteiger partial charge in [-0.2, -0.15) is 5.26 Å². The van der Waals surface area contributed by atoms with Crippen LogP contribution >= 0.6 is 0 Å². The first-order chi connectivity index (χ1) is 18.6. The predicted molar refractivity (Wildman–Crippen MR) is 143 cm³/mol. The van der Waals surface area contributed by atoms with Crippen LogP contribution in [0.4, 0.5) is 5.82 Å². The quantitative estimate of drug-likeness (QED) is 0.199. The number of amides is 1. The Hall–Kier alpha value is -4.97. The number of carbonyl (C=O) groups is 2. The van der Waals surface area contributed by atoms with Gasteiger partial charge in [0.15, 0.2) is 5.78 Å². The summed E-state index contributed by atoms with van der Waals surface area (Å²) < 4.78 is 5.83. The highest BCUT2D eigenvalue weighted by Crippen LogP contribution is 2.28. The number of aromatic amines is 1. The van der Waals surface area contributed by atoms with Crippen LogP contribution < -0.4 is 10.1 Å². The fourth-order valence-corrected chi connectivity index (χ4v) is 4.65. The molecular weight excluding hydrogens is 480 g/mol. The zero-order valence-electron chi connectivity index (χ0n) is 20.8. The Bertz CT molecular complexity index is 1540. The molecule has 1 saturated heterocycles. The number of carbonyl (C=O) groups excluding carboxylic acids is 2. The third-order valence-electron chi connectivity index (χ3n) is 6.59. The van der Waals surface area contributed by atoms with E-state index in [9.17, 15) is 14.9 Å². The van der Waals surface area contributed by atoms with E-state index in [-0.39, 0.29) is 23.3 Å². The van der Waals surface area contributed by atoms with Gasteiger partial charge in [0.05, 0.1) is 10.9 Å². The molecule has 1 aliphatic heterocycles. The molecule has 0 spiro atoms. The summed E-state index contributed by atoms with van der Waals surface area (Å²) in [4.78, 5) is 39.7. The number of ketones is 1. The van der Waals surface area contributed by atoms with Crippen molar-refractivity contribution >= 4 is 28.5 Å². The lowest BCUT2D eigenvalue weighted by Gasteiger charge is -2.25. The van der Waals surface area contributed by atoms with E-state index in [4.69, 9.17) is 4.74 Å². The second-order valence-electron chi connectivity index (χ2n) is 8.91. The standard InChI is InChI=1S/C29H26N6O3/c1-2-19(15-30)29(37)35-14-6-7-21(35)16-31-27-25-24(17-32-28(25)34-18-33-27)26(36)20-10-12-23(13-11-20)38-22-8-4-3-5-9-22/h2-5,8-13,17-18,21H,6-7,14,16H2,1H3,(H2,31,32,33,34)/b19-2+. The van der Waals surface area contributed by atoms with Crippen LogP contribution in [0.15, 0.2) is 78.8 Å². The molecular formula is C29H26N6O3. The number of ether oxygens (including phenoxy) is 1. The minimum absolute atomic E-state index is 0.0916. The summed E-state index contributed by atoms with van der Waals surface area (Å²) in [6.45, 7) is 2.72. The summed E-state index contributed by atoms with van der Waals surface area (Å²) in [5.41, 5.74) is 1.62. The second kappa shape index (κ2) is 11.0. The number of likely N-dealkylation sites (tertiary alicyclic amines) is 1. The van der Waals surface area contributed by atoms with Crippen molar-refractivity contribution in [3.63, 3.8) is 0 Å². The summed E-state index contributed by atoms with van der Waals surface area (Å²) >= 11 is 0. The van der Waals surface area contributed by atoms with Crippen molar-refractivity contribution in [3.8, 4) is 17.6 Å². The molecule has 0 saturated carbocycles. The number of nitriles is 1. The van der Waals surface area contributed by atoms with Gasteiger partial charge < -0.3 is 19.9 Å². The van der Waals surface area contributed by atoms with E-state index in [2.05, 4.69) is 20.3 Å². The zero-order chi connectivity index (χ0) is 26.5. The molecule has 1 aliphatic rings. The van der Waals surface area contributed by atoms with Gasteiger partial charge in [0.1, 0.15) is 40.9 Å². The minimum atomic E-state index is -0.260. The van der Waals surface area contributed by atoms with Gasteiger partial charge in [0.2, 0.25) is 0 Å². The first-order valence-corrected chi connectivity index (χ1v) is 12.4. The number of anilines is 1. The summed E-state index contributed by atoms with van der Waals surface area (Å²) in [6, 6.07) is 18.3. The highest BCUT2D eigenvalue weighted by molar-refractivity contribution is 6.18. The molecule has 9 nitrogen and oxygen atoms in total. The molecule has 38 heavy (non-hydrogen) atoms. The highest BCUT2D eigenvalue weighted by atomic mass is 16.5. The lowest BCUT2D eigenvalue weighted by Crippen LogP contribution is -2.40. The zero-order valence-corrected chi connectivity index (χ0v) is 20.8. The van der Waals surface area contributed by atoms with E-state index < -0.39 is 0 Å². The molecule has 3 heterocycles. The van der Waals surface area contributed by atoms with Crippen LogP contribution in [0.25, 0.3) is 11.0 Å². The molecule has 0 aliphatic carbocycles. The van der Waals surface area contributed by atoms with Gasteiger partial charge in [0.25, 0.3) is 5.91 Å². The number of rotatable bonds is 8. The summed E-state index contributed by atoms with van der Waals surface area (Å²) in [7, 11) is 0. The van der Waals surface area contributed by atoms with Crippen LogP contribution in [0.3, 0.4) is 0 Å². The highest BCUT2D eigenvalue weighted by Gasteiger charge is 2.30. The minimum Gasteiger partial charge on any atom is -0.457 e. The smallest absolute Gasteiger partial charge is 0.264 e. The Balaban J connectivity index is 1.34. The SMILES string of the molecule is C/C=C(\C#N)C(=O)N1CCCC1CNc1ncnc2[nH]cc(C(=O)c3ccc(Oc4ccccc4)cc3)c12. The number of nitrogens with one attached hydrogen (secondary N) is 2. The van der Waals surface area contributed by atoms with Gasteiger partial charge in [0, 0.05) is 30.9 Å². The maximum absolute atomic E-state index is 13.5. The van der Waals surface area contributed by atoms with Gasteiger partial charge in [-0.15, -0.1) is 0 Å². The van der Waals surface area contributed by atoms with Crippen molar-refractivity contribution in [3.05, 3.63) is 89.9 Å². The van der Waals surface area contributed by atoms with Crippen molar-refractivity contribution in [2.75, 3.05) is 18.4 Å². The van der Waals surface area contributed by atoms with Crippen LogP contribution in [0.5, 0.6) is 11.5 Å². The molecule has 0 bridgehead atoms. The number of H-pyrrole nitrogens is 1. The van der Waals surface area contributed by atoms with Gasteiger partial charge in [-0.3, -0.25) is 9.59 Å². The molecule has 4 aromatic rings. The second-order valence-corrected chi connectivity index (χ2v) is 8.91.